The van der Waals surface area contributed by atoms with Crippen molar-refractivity contribution in [2.24, 2.45) is 0 Å². The lowest BCUT2D eigenvalue weighted by Gasteiger charge is -2.20. The fraction of sp³-hybridized carbons (Fsp3) is 0.371. The second-order valence-electron chi connectivity index (χ2n) is 13.1. The number of nitrogens with zero attached hydrogens (tertiary/aromatic N) is 2. The van der Waals surface area contributed by atoms with Gasteiger partial charge in [0.05, 0.1) is 0 Å². The van der Waals surface area contributed by atoms with Gasteiger partial charge in [-0.1, -0.05) is 77.9 Å². The molecule has 0 bridgehead atoms. The van der Waals surface area contributed by atoms with Gasteiger partial charge in [0, 0.05) is 41.8 Å². The number of carbonyl (C=O) groups excluding carboxylic acids is 2. The molecule has 0 saturated carbocycles. The number of hydrogen-bond acceptors (Lipinski definition) is 2. The number of rotatable bonds is 5. The van der Waals surface area contributed by atoms with Crippen molar-refractivity contribution in [2.45, 2.75) is 71.8 Å². The number of anilines is 1. The molecule has 5 nitrogen and oxygen atoms in total. The molecule has 0 radical (unpaired) electrons. The van der Waals surface area contributed by atoms with Gasteiger partial charge in [-0.3, -0.25) is 9.59 Å². The summed E-state index contributed by atoms with van der Waals surface area (Å²) < 4.78 is 2.12. The minimum Gasteiger partial charge on any atom is -0.337 e. The molecule has 5 heteroatoms. The summed E-state index contributed by atoms with van der Waals surface area (Å²) in [4.78, 5) is 28.6. The number of benzene rings is 3. The van der Waals surface area contributed by atoms with Crippen LogP contribution in [0.15, 0.2) is 72.8 Å². The van der Waals surface area contributed by atoms with Crippen molar-refractivity contribution >= 4 is 28.4 Å². The van der Waals surface area contributed by atoms with Crippen LogP contribution in [0, 0.1) is 0 Å². The Kier molecular flexibility index (Phi) is 7.34. The lowest BCUT2D eigenvalue weighted by molar-refractivity contribution is 0.0783. The van der Waals surface area contributed by atoms with E-state index in [1.807, 2.05) is 53.4 Å². The summed E-state index contributed by atoms with van der Waals surface area (Å²) in [6.45, 7) is 15.3. The van der Waals surface area contributed by atoms with E-state index in [-0.39, 0.29) is 22.6 Å². The molecule has 1 fully saturated rings. The molecule has 0 unspecified atom stereocenters. The Bertz CT molecular complexity index is 1530. The van der Waals surface area contributed by atoms with Crippen LogP contribution >= 0.6 is 0 Å². The van der Waals surface area contributed by atoms with Gasteiger partial charge in [0.2, 0.25) is 0 Å². The van der Waals surface area contributed by atoms with Gasteiger partial charge in [0.1, 0.15) is 5.69 Å². The van der Waals surface area contributed by atoms with Gasteiger partial charge < -0.3 is 14.8 Å². The van der Waals surface area contributed by atoms with E-state index < -0.39 is 0 Å². The van der Waals surface area contributed by atoms with E-state index in [0.717, 1.165) is 42.4 Å². The summed E-state index contributed by atoms with van der Waals surface area (Å²) in [7, 11) is 0. The van der Waals surface area contributed by atoms with Crippen molar-refractivity contribution < 1.29 is 9.59 Å². The quantitative estimate of drug-likeness (QED) is 0.284. The van der Waals surface area contributed by atoms with Gasteiger partial charge in [-0.2, -0.15) is 0 Å². The van der Waals surface area contributed by atoms with E-state index in [2.05, 4.69) is 75.7 Å². The molecule has 208 valence electrons. The molecule has 2 heterocycles. The van der Waals surface area contributed by atoms with E-state index in [0.29, 0.717) is 23.5 Å². The third kappa shape index (κ3) is 5.84. The molecule has 3 aromatic carbocycles. The van der Waals surface area contributed by atoms with E-state index in [1.165, 1.54) is 11.1 Å². The fourth-order valence-electron chi connectivity index (χ4n) is 5.40. The van der Waals surface area contributed by atoms with Gasteiger partial charge in [-0.15, -0.1) is 0 Å². The molecule has 4 aromatic rings. The molecular formula is C35H41N3O2. The predicted molar refractivity (Wildman–Crippen MR) is 164 cm³/mol. The topological polar surface area (TPSA) is 54.3 Å². The normalized spacial score (nSPS) is 14.1. The third-order valence-corrected chi connectivity index (χ3v) is 7.95. The summed E-state index contributed by atoms with van der Waals surface area (Å²) in [5.41, 5.74) is 6.76. The first kappa shape index (κ1) is 27.7. The van der Waals surface area contributed by atoms with Gasteiger partial charge >= 0.3 is 0 Å². The van der Waals surface area contributed by atoms with E-state index in [1.54, 1.807) is 0 Å². The number of amides is 2. The second kappa shape index (κ2) is 10.6. The third-order valence-electron chi connectivity index (χ3n) is 7.95. The number of aromatic nitrogens is 1. The molecule has 1 aliphatic rings. The first-order valence-corrected chi connectivity index (χ1v) is 14.3. The minimum absolute atomic E-state index is 0.0338. The van der Waals surface area contributed by atoms with Gasteiger partial charge in [-0.05, 0) is 76.8 Å². The summed E-state index contributed by atoms with van der Waals surface area (Å²) in [5.74, 6) is -0.0731. The Balaban J connectivity index is 1.45. The van der Waals surface area contributed by atoms with Crippen molar-refractivity contribution in [1.82, 2.24) is 9.47 Å². The maximum Gasteiger partial charge on any atom is 0.270 e. The molecule has 2 amide bonds. The number of hydrogen-bond donors (Lipinski definition) is 1. The number of fused-ring (bicyclic) bond motifs is 1. The maximum atomic E-state index is 13.6. The molecule has 1 N–H and O–H groups in total. The Morgan fingerprint density at radius 2 is 1.32 bits per heavy atom. The summed E-state index contributed by atoms with van der Waals surface area (Å²) in [5, 5.41) is 3.99. The average molecular weight is 536 g/mol. The zero-order valence-corrected chi connectivity index (χ0v) is 24.7. The SMILES string of the molecule is CC(C)(C)c1ccc(Cn2c(C(=O)N3CCCC3)cc3cc(NC(=O)c4ccc(C(C)(C)C)cc4)ccc32)cc1. The highest BCUT2D eigenvalue weighted by Gasteiger charge is 2.24. The van der Waals surface area contributed by atoms with Crippen molar-refractivity contribution in [2.75, 3.05) is 18.4 Å². The number of likely N-dealkylation sites (tertiary alicyclic amines) is 1. The first-order chi connectivity index (χ1) is 18.9. The molecule has 5 rings (SSSR count). The van der Waals surface area contributed by atoms with Crippen LogP contribution in [0.3, 0.4) is 0 Å². The fourth-order valence-corrected chi connectivity index (χ4v) is 5.40. The highest BCUT2D eigenvalue weighted by Crippen LogP contribution is 2.28. The minimum atomic E-state index is -0.147. The zero-order valence-electron chi connectivity index (χ0n) is 24.7. The maximum absolute atomic E-state index is 13.6. The van der Waals surface area contributed by atoms with Crippen LogP contribution < -0.4 is 5.32 Å². The average Bonchev–Trinajstić information content (AvgIpc) is 3.56. The highest BCUT2D eigenvalue weighted by molar-refractivity contribution is 6.06. The summed E-state index contributed by atoms with van der Waals surface area (Å²) in [6, 6.07) is 24.4. The predicted octanol–water partition coefficient (Wildman–Crippen LogP) is 7.77. The largest absolute Gasteiger partial charge is 0.337 e. The summed E-state index contributed by atoms with van der Waals surface area (Å²) >= 11 is 0. The van der Waals surface area contributed by atoms with Crippen LogP contribution in [-0.4, -0.2) is 34.4 Å². The molecule has 0 aliphatic carbocycles. The summed E-state index contributed by atoms with van der Waals surface area (Å²) in [6.07, 6.45) is 2.10. The van der Waals surface area contributed by atoms with Crippen molar-refractivity contribution in [3.8, 4) is 0 Å². The van der Waals surface area contributed by atoms with E-state index >= 15 is 0 Å². The van der Waals surface area contributed by atoms with Crippen LogP contribution in [0.5, 0.6) is 0 Å². The highest BCUT2D eigenvalue weighted by atomic mass is 16.2. The van der Waals surface area contributed by atoms with Crippen LogP contribution in [0.1, 0.15) is 91.9 Å². The van der Waals surface area contributed by atoms with Gasteiger partial charge in [0.25, 0.3) is 11.8 Å². The van der Waals surface area contributed by atoms with Crippen LogP contribution in [-0.2, 0) is 17.4 Å². The van der Waals surface area contributed by atoms with Gasteiger partial charge in [-0.25, -0.2) is 0 Å². The first-order valence-electron chi connectivity index (χ1n) is 14.3. The number of carbonyl (C=O) groups is 2. The lowest BCUT2D eigenvalue weighted by atomic mass is 9.86. The van der Waals surface area contributed by atoms with Crippen LogP contribution in [0.25, 0.3) is 10.9 Å². The van der Waals surface area contributed by atoms with Crippen molar-refractivity contribution in [1.29, 1.82) is 0 Å². The molecule has 40 heavy (non-hydrogen) atoms. The molecular weight excluding hydrogens is 494 g/mol. The van der Waals surface area contributed by atoms with Crippen molar-refractivity contribution in [3.63, 3.8) is 0 Å². The Labute approximate surface area is 238 Å². The lowest BCUT2D eigenvalue weighted by Crippen LogP contribution is -2.29. The molecule has 0 spiro atoms. The van der Waals surface area contributed by atoms with Crippen molar-refractivity contribution in [3.05, 3.63) is 101 Å². The van der Waals surface area contributed by atoms with Crippen LogP contribution in [0.2, 0.25) is 0 Å². The smallest absolute Gasteiger partial charge is 0.270 e. The Morgan fingerprint density at radius 1 is 0.750 bits per heavy atom. The molecule has 0 atom stereocenters. The number of nitrogens with one attached hydrogen (secondary N) is 1. The Morgan fingerprint density at radius 3 is 1.90 bits per heavy atom. The zero-order chi connectivity index (χ0) is 28.7. The van der Waals surface area contributed by atoms with E-state index in [9.17, 15) is 9.59 Å². The second-order valence-corrected chi connectivity index (χ2v) is 13.1. The molecule has 1 aromatic heterocycles. The van der Waals surface area contributed by atoms with Crippen LogP contribution in [0.4, 0.5) is 5.69 Å². The monoisotopic (exact) mass is 535 g/mol. The molecule has 1 aliphatic heterocycles. The van der Waals surface area contributed by atoms with E-state index in [4.69, 9.17) is 0 Å². The standard InChI is InChI=1S/C35H41N3O2/c1-34(2,3)27-13-9-24(10-14-27)23-38-30-18-17-29(21-26(30)22-31(38)33(40)37-19-7-8-20-37)36-32(39)25-11-15-28(16-12-25)35(4,5)6/h9-18,21-22H,7-8,19-20,23H2,1-6H3,(H,36,39). The van der Waals surface area contributed by atoms with Gasteiger partial charge in [0.15, 0.2) is 0 Å². The molecule has 1 saturated heterocycles. The Hall–Kier alpha value is -3.86.